The number of anilines is 1. The molecule has 4 rings (SSSR count). The molecule has 0 atom stereocenters. The monoisotopic (exact) mass is 392 g/mol. The molecule has 2 heterocycles. The molecule has 2 aromatic carbocycles. The lowest BCUT2D eigenvalue weighted by Crippen LogP contribution is -2.20. The molecule has 0 saturated heterocycles. The largest absolute Gasteiger partial charge is 0.466 e. The Morgan fingerprint density at radius 1 is 1.07 bits per heavy atom. The van der Waals surface area contributed by atoms with Gasteiger partial charge in [-0.2, -0.15) is 0 Å². The fourth-order valence-electron chi connectivity index (χ4n) is 2.85. The molecule has 0 aliphatic carbocycles. The second-order valence-electron chi connectivity index (χ2n) is 6.18. The van der Waals surface area contributed by atoms with Crippen LogP contribution in [0, 0.1) is 0 Å². The molecule has 0 aliphatic heterocycles. The average molecular weight is 393 g/mol. The fraction of sp³-hybridized carbons (Fsp3) is 0.0952. The zero-order valence-corrected chi connectivity index (χ0v) is 15.6. The minimum absolute atomic E-state index is 0.142. The first kappa shape index (κ1) is 18.0. The third-order valence-corrected chi connectivity index (χ3v) is 4.41. The van der Waals surface area contributed by atoms with E-state index in [-0.39, 0.29) is 12.5 Å². The van der Waals surface area contributed by atoms with Crippen LogP contribution >= 0.6 is 11.6 Å². The number of para-hydroxylation sites is 1. The molecule has 0 spiro atoms. The maximum Gasteiger partial charge on any atom is 0.262 e. The number of nitrogens with one attached hydrogen (secondary N) is 1. The van der Waals surface area contributed by atoms with Gasteiger partial charge in [0.1, 0.15) is 0 Å². The Morgan fingerprint density at radius 2 is 1.89 bits per heavy atom. The number of carbonyl (C=O) groups is 1. The first-order chi connectivity index (χ1) is 13.7. The molecular weight excluding hydrogens is 376 g/mol. The van der Waals surface area contributed by atoms with E-state index in [1.165, 1.54) is 0 Å². The Labute approximate surface area is 166 Å². The lowest BCUT2D eigenvalue weighted by Gasteiger charge is -2.05. The van der Waals surface area contributed by atoms with Gasteiger partial charge in [-0.15, -0.1) is 5.10 Å². The molecule has 2 aromatic heterocycles. The van der Waals surface area contributed by atoms with Gasteiger partial charge in [0.2, 0.25) is 5.88 Å². The topological polar surface area (TPSA) is 69.0 Å². The number of fused-ring (bicyclic) bond motifs is 1. The van der Waals surface area contributed by atoms with Gasteiger partial charge in [-0.05, 0) is 42.0 Å². The highest BCUT2D eigenvalue weighted by molar-refractivity contribution is 6.30. The number of rotatable bonds is 6. The van der Waals surface area contributed by atoms with Crippen molar-refractivity contribution >= 4 is 34.1 Å². The van der Waals surface area contributed by atoms with Crippen LogP contribution in [0.2, 0.25) is 5.02 Å². The third kappa shape index (κ3) is 4.13. The average Bonchev–Trinajstić information content (AvgIpc) is 3.07. The molecule has 6 nitrogen and oxygen atoms in total. The Morgan fingerprint density at radius 3 is 2.68 bits per heavy atom. The quantitative estimate of drug-likeness (QED) is 0.535. The second-order valence-corrected chi connectivity index (χ2v) is 6.62. The summed E-state index contributed by atoms with van der Waals surface area (Å²) in [6.45, 7) is 0.430. The zero-order valence-electron chi connectivity index (χ0n) is 14.9. The van der Waals surface area contributed by atoms with Crippen LogP contribution in [0.1, 0.15) is 5.56 Å². The van der Waals surface area contributed by atoms with Crippen molar-refractivity contribution in [3.05, 3.63) is 83.6 Å². The van der Waals surface area contributed by atoms with Crippen molar-refractivity contribution in [1.82, 2.24) is 14.8 Å². The number of carbonyl (C=O) groups excluding carboxylic acids is 1. The molecule has 0 radical (unpaired) electrons. The van der Waals surface area contributed by atoms with Crippen LogP contribution in [-0.2, 0) is 11.3 Å². The van der Waals surface area contributed by atoms with Crippen LogP contribution in [0.5, 0.6) is 5.88 Å². The van der Waals surface area contributed by atoms with Gasteiger partial charge in [-0.25, -0.2) is 0 Å². The van der Waals surface area contributed by atoms with Crippen LogP contribution in [0.15, 0.2) is 73.1 Å². The van der Waals surface area contributed by atoms with E-state index in [0.29, 0.717) is 23.1 Å². The lowest BCUT2D eigenvalue weighted by molar-refractivity contribution is -0.118. The molecule has 1 N–H and O–H groups in total. The van der Waals surface area contributed by atoms with Crippen LogP contribution in [0.3, 0.4) is 0 Å². The van der Waals surface area contributed by atoms with Gasteiger partial charge in [-0.1, -0.05) is 35.9 Å². The molecule has 0 bridgehead atoms. The molecule has 140 valence electrons. The highest BCUT2D eigenvalue weighted by Crippen LogP contribution is 2.25. The minimum atomic E-state index is -0.274. The van der Waals surface area contributed by atoms with Crippen molar-refractivity contribution < 1.29 is 9.53 Å². The van der Waals surface area contributed by atoms with Crippen molar-refractivity contribution in [2.75, 3.05) is 11.9 Å². The van der Waals surface area contributed by atoms with E-state index < -0.39 is 0 Å². The summed E-state index contributed by atoms with van der Waals surface area (Å²) in [6.07, 6.45) is 3.22. The summed E-state index contributed by atoms with van der Waals surface area (Å²) in [5.41, 5.74) is 2.62. The Balaban J connectivity index is 1.51. The van der Waals surface area contributed by atoms with Gasteiger partial charge >= 0.3 is 0 Å². The van der Waals surface area contributed by atoms with Crippen LogP contribution in [0.4, 0.5) is 5.69 Å². The SMILES string of the molecule is O=C(COc1nn(Cc2ccc(Cl)cc2)c2ccccc12)Nc1cccnc1. The highest BCUT2D eigenvalue weighted by Gasteiger charge is 2.13. The van der Waals surface area contributed by atoms with E-state index in [2.05, 4.69) is 15.4 Å². The molecule has 0 unspecified atom stereocenters. The Hall–Kier alpha value is -3.38. The van der Waals surface area contributed by atoms with Crippen LogP contribution in [0.25, 0.3) is 10.9 Å². The Kier molecular flexibility index (Phi) is 5.21. The number of amides is 1. The zero-order chi connectivity index (χ0) is 19.3. The maximum absolute atomic E-state index is 12.1. The predicted molar refractivity (Wildman–Crippen MR) is 109 cm³/mol. The molecule has 0 aliphatic rings. The van der Waals surface area contributed by atoms with Gasteiger partial charge in [0, 0.05) is 11.2 Å². The van der Waals surface area contributed by atoms with Crippen LogP contribution in [-0.4, -0.2) is 27.3 Å². The summed E-state index contributed by atoms with van der Waals surface area (Å²) in [4.78, 5) is 16.1. The van der Waals surface area contributed by atoms with E-state index in [1.54, 1.807) is 24.5 Å². The number of ether oxygens (including phenoxy) is 1. The van der Waals surface area contributed by atoms with Crippen LogP contribution < -0.4 is 10.1 Å². The summed E-state index contributed by atoms with van der Waals surface area (Å²) < 4.78 is 7.56. The van der Waals surface area contributed by atoms with Crippen molar-refractivity contribution in [3.8, 4) is 5.88 Å². The van der Waals surface area contributed by atoms with Crippen molar-refractivity contribution in [3.63, 3.8) is 0 Å². The van der Waals surface area contributed by atoms with Crippen molar-refractivity contribution in [1.29, 1.82) is 0 Å². The van der Waals surface area contributed by atoms with Gasteiger partial charge in [0.05, 0.1) is 29.3 Å². The smallest absolute Gasteiger partial charge is 0.262 e. The fourth-order valence-corrected chi connectivity index (χ4v) is 2.98. The summed E-state index contributed by atoms with van der Waals surface area (Å²) >= 11 is 5.96. The second kappa shape index (κ2) is 8.10. The summed E-state index contributed by atoms with van der Waals surface area (Å²) in [5.74, 6) is 0.148. The molecule has 0 saturated carbocycles. The standard InChI is InChI=1S/C21H17ClN4O2/c22-16-9-7-15(8-10-16)13-26-19-6-2-1-5-18(19)21(25-26)28-14-20(27)24-17-4-3-11-23-12-17/h1-12H,13-14H2,(H,24,27). The number of pyridine rings is 1. The first-order valence-corrected chi connectivity index (χ1v) is 9.09. The van der Waals surface area contributed by atoms with E-state index in [0.717, 1.165) is 16.5 Å². The predicted octanol–water partition coefficient (Wildman–Crippen LogP) is 4.15. The van der Waals surface area contributed by atoms with E-state index in [1.807, 2.05) is 53.2 Å². The van der Waals surface area contributed by atoms with E-state index in [4.69, 9.17) is 16.3 Å². The molecule has 1 amide bonds. The third-order valence-electron chi connectivity index (χ3n) is 4.15. The number of nitrogens with zero attached hydrogens (tertiary/aromatic N) is 3. The summed E-state index contributed by atoms with van der Waals surface area (Å²) in [6, 6.07) is 18.9. The Bertz CT molecular complexity index is 1090. The van der Waals surface area contributed by atoms with Gasteiger partial charge in [0.25, 0.3) is 5.91 Å². The first-order valence-electron chi connectivity index (χ1n) is 8.72. The maximum atomic E-state index is 12.1. The molecule has 0 fully saturated rings. The minimum Gasteiger partial charge on any atom is -0.466 e. The van der Waals surface area contributed by atoms with E-state index in [9.17, 15) is 4.79 Å². The number of hydrogen-bond donors (Lipinski definition) is 1. The summed E-state index contributed by atoms with van der Waals surface area (Å²) in [5, 5.41) is 8.84. The number of benzene rings is 2. The normalized spacial score (nSPS) is 10.8. The molecule has 4 aromatic rings. The molecule has 7 heteroatoms. The van der Waals surface area contributed by atoms with Gasteiger partial charge in [-0.3, -0.25) is 14.5 Å². The summed E-state index contributed by atoms with van der Waals surface area (Å²) in [7, 11) is 0. The van der Waals surface area contributed by atoms with Gasteiger partial charge in [0.15, 0.2) is 6.61 Å². The van der Waals surface area contributed by atoms with E-state index >= 15 is 0 Å². The number of aromatic nitrogens is 3. The van der Waals surface area contributed by atoms with Crippen molar-refractivity contribution in [2.45, 2.75) is 6.54 Å². The number of hydrogen-bond acceptors (Lipinski definition) is 4. The van der Waals surface area contributed by atoms with Crippen molar-refractivity contribution in [2.24, 2.45) is 0 Å². The van der Waals surface area contributed by atoms with Gasteiger partial charge < -0.3 is 10.1 Å². The highest BCUT2D eigenvalue weighted by atomic mass is 35.5. The lowest BCUT2D eigenvalue weighted by atomic mass is 10.2. The number of halogens is 1. The molecular formula is C21H17ClN4O2. The molecule has 28 heavy (non-hydrogen) atoms.